The minimum absolute atomic E-state index is 0.0530. The van der Waals surface area contributed by atoms with Crippen LogP contribution in [0.1, 0.15) is 98.8 Å². The molecule has 0 radical (unpaired) electrons. The Hall–Kier alpha value is -2.51. The number of carboxylic acid groups (broad SMARTS) is 1. The van der Waals surface area contributed by atoms with Crippen molar-refractivity contribution in [1.82, 2.24) is 0 Å². The van der Waals surface area contributed by atoms with Crippen LogP contribution in [0.2, 0.25) is 0 Å². The largest absolute Gasteiger partial charge is 0.544 e. The number of esters is 2. The maximum atomic E-state index is 14.4. The number of rotatable bonds is 8. The van der Waals surface area contributed by atoms with Gasteiger partial charge in [-0.3, -0.25) is 0 Å². The van der Waals surface area contributed by atoms with Gasteiger partial charge in [0.1, 0.15) is 11.6 Å². The Kier molecular flexibility index (Phi) is 8.31. The van der Waals surface area contributed by atoms with E-state index in [0.717, 1.165) is 38.5 Å². The second-order valence-corrected chi connectivity index (χ2v) is 9.88. The Balaban J connectivity index is 1.71. The van der Waals surface area contributed by atoms with Crippen molar-refractivity contribution in [3.05, 3.63) is 35.4 Å². The van der Waals surface area contributed by atoms with Gasteiger partial charge in [0.25, 0.3) is 0 Å². The van der Waals surface area contributed by atoms with Crippen LogP contribution in [0.4, 0.5) is 8.78 Å². The first-order valence-corrected chi connectivity index (χ1v) is 12.2. The molecular weight excluding hydrogens is 446 g/mol. The van der Waals surface area contributed by atoms with E-state index in [-0.39, 0.29) is 17.0 Å². The minimum atomic E-state index is -4.30. The third-order valence-corrected chi connectivity index (χ3v) is 7.35. The zero-order valence-electron chi connectivity index (χ0n) is 19.8. The fourth-order valence-corrected chi connectivity index (χ4v) is 5.14. The van der Waals surface area contributed by atoms with Crippen molar-refractivity contribution in [1.29, 1.82) is 0 Å². The molecule has 0 aliphatic heterocycles. The number of carbonyl (C=O) groups is 3. The molecule has 0 aromatic heterocycles. The number of benzene rings is 1. The lowest BCUT2D eigenvalue weighted by Gasteiger charge is -2.40. The summed E-state index contributed by atoms with van der Waals surface area (Å²) in [5, 5.41) is 11.1. The first-order chi connectivity index (χ1) is 16.1. The fourth-order valence-electron chi connectivity index (χ4n) is 5.14. The second-order valence-electron chi connectivity index (χ2n) is 9.88. The van der Waals surface area contributed by atoms with E-state index in [4.69, 9.17) is 9.47 Å². The second kappa shape index (κ2) is 10.8. The van der Waals surface area contributed by atoms with Crippen LogP contribution in [-0.4, -0.2) is 35.5 Å². The molecule has 0 bridgehead atoms. The third kappa shape index (κ3) is 5.76. The summed E-state index contributed by atoms with van der Waals surface area (Å²) >= 11 is 0. The standard InChI is InChI=1S/C26H34F2O6/c1-17(2)25(15-7-4-8-16-25)34-23(30)20-13-11-19(12-14-20)22(29)33-21(26(27,28)24(31)32)18-9-5-3-6-10-18/h11-14,17-18,21H,3-10,15-16H2,1-2H3,(H,31,32)/p-1. The highest BCUT2D eigenvalue weighted by atomic mass is 19.3. The van der Waals surface area contributed by atoms with Gasteiger partial charge in [-0.05, 0) is 68.7 Å². The molecule has 2 aliphatic rings. The maximum absolute atomic E-state index is 14.4. The van der Waals surface area contributed by atoms with Crippen molar-refractivity contribution in [3.63, 3.8) is 0 Å². The quantitative estimate of drug-likeness (QED) is 0.502. The summed E-state index contributed by atoms with van der Waals surface area (Å²) in [5.74, 6) is -9.03. The molecule has 34 heavy (non-hydrogen) atoms. The third-order valence-electron chi connectivity index (χ3n) is 7.35. The summed E-state index contributed by atoms with van der Waals surface area (Å²) in [6, 6.07) is 5.39. The maximum Gasteiger partial charge on any atom is 0.338 e. The molecule has 1 aromatic carbocycles. The summed E-state index contributed by atoms with van der Waals surface area (Å²) in [6.45, 7) is 4.06. The van der Waals surface area contributed by atoms with Gasteiger partial charge < -0.3 is 19.4 Å². The molecule has 0 spiro atoms. The van der Waals surface area contributed by atoms with Gasteiger partial charge in [0, 0.05) is 5.92 Å². The molecule has 2 saturated carbocycles. The van der Waals surface area contributed by atoms with Crippen molar-refractivity contribution < 1.29 is 37.7 Å². The molecule has 188 valence electrons. The molecule has 2 fully saturated rings. The number of ether oxygens (including phenoxy) is 2. The molecule has 0 amide bonds. The molecule has 1 aromatic rings. The average Bonchev–Trinajstić information content (AvgIpc) is 2.83. The lowest BCUT2D eigenvalue weighted by Crippen LogP contribution is -2.54. The van der Waals surface area contributed by atoms with E-state index in [2.05, 4.69) is 0 Å². The molecule has 6 nitrogen and oxygen atoms in total. The van der Waals surface area contributed by atoms with Crippen molar-refractivity contribution >= 4 is 17.9 Å². The first-order valence-electron chi connectivity index (χ1n) is 12.2. The molecule has 1 atom stereocenters. The Morgan fingerprint density at radius 3 is 1.91 bits per heavy atom. The Labute approximate surface area is 199 Å². The van der Waals surface area contributed by atoms with Crippen molar-refractivity contribution in [3.8, 4) is 0 Å². The van der Waals surface area contributed by atoms with Gasteiger partial charge in [0.2, 0.25) is 0 Å². The summed E-state index contributed by atoms with van der Waals surface area (Å²) in [7, 11) is 0. The van der Waals surface area contributed by atoms with Gasteiger partial charge in [-0.2, -0.15) is 8.78 Å². The highest BCUT2D eigenvalue weighted by molar-refractivity contribution is 5.93. The van der Waals surface area contributed by atoms with Crippen LogP contribution in [0.15, 0.2) is 24.3 Å². The van der Waals surface area contributed by atoms with Gasteiger partial charge in [-0.1, -0.05) is 39.5 Å². The summed E-state index contributed by atoms with van der Waals surface area (Å²) in [6.07, 6.45) is 5.49. The van der Waals surface area contributed by atoms with Gasteiger partial charge in [0.05, 0.1) is 11.1 Å². The van der Waals surface area contributed by atoms with Crippen LogP contribution in [0.25, 0.3) is 0 Å². The molecule has 0 saturated heterocycles. The van der Waals surface area contributed by atoms with Gasteiger partial charge in [-0.25, -0.2) is 9.59 Å². The molecule has 3 rings (SSSR count). The van der Waals surface area contributed by atoms with E-state index in [9.17, 15) is 28.3 Å². The van der Waals surface area contributed by atoms with E-state index < -0.39 is 41.5 Å². The van der Waals surface area contributed by atoms with Crippen molar-refractivity contribution in [2.24, 2.45) is 11.8 Å². The molecule has 0 N–H and O–H groups in total. The predicted molar refractivity (Wildman–Crippen MR) is 118 cm³/mol. The highest BCUT2D eigenvalue weighted by Crippen LogP contribution is 2.39. The molecule has 0 heterocycles. The zero-order valence-corrected chi connectivity index (χ0v) is 19.8. The lowest BCUT2D eigenvalue weighted by molar-refractivity contribution is -0.337. The van der Waals surface area contributed by atoms with Crippen LogP contribution in [0.3, 0.4) is 0 Å². The van der Waals surface area contributed by atoms with E-state index >= 15 is 0 Å². The topological polar surface area (TPSA) is 92.7 Å². The van der Waals surface area contributed by atoms with E-state index in [1.54, 1.807) is 0 Å². The Bertz CT molecular complexity index is 868. The fraction of sp³-hybridized carbons (Fsp3) is 0.654. The van der Waals surface area contributed by atoms with Crippen LogP contribution in [0.5, 0.6) is 0 Å². The van der Waals surface area contributed by atoms with Crippen LogP contribution < -0.4 is 5.11 Å². The minimum Gasteiger partial charge on any atom is -0.544 e. The number of hydrogen-bond acceptors (Lipinski definition) is 6. The zero-order chi connectivity index (χ0) is 24.9. The first kappa shape index (κ1) is 26.1. The predicted octanol–water partition coefficient (Wildman–Crippen LogP) is 4.69. The van der Waals surface area contributed by atoms with Crippen LogP contribution in [-0.2, 0) is 14.3 Å². The normalized spacial score (nSPS) is 19.9. The SMILES string of the molecule is CC(C)C1(OC(=O)c2ccc(C(=O)OC(C3CCCCC3)C(F)(F)C(=O)[O-])cc2)CCCCC1. The Morgan fingerprint density at radius 2 is 1.41 bits per heavy atom. The molecular formula is C26H33F2O6-. The number of alkyl halides is 2. The number of hydrogen-bond donors (Lipinski definition) is 0. The smallest absolute Gasteiger partial charge is 0.338 e. The van der Waals surface area contributed by atoms with Crippen LogP contribution >= 0.6 is 0 Å². The molecule has 8 heteroatoms. The molecule has 1 unspecified atom stereocenters. The van der Waals surface area contributed by atoms with E-state index in [1.807, 2.05) is 13.8 Å². The van der Waals surface area contributed by atoms with Crippen molar-refractivity contribution in [2.45, 2.75) is 95.7 Å². The number of carboxylic acids is 1. The van der Waals surface area contributed by atoms with Gasteiger partial charge >= 0.3 is 17.9 Å². The molecule has 2 aliphatic carbocycles. The van der Waals surface area contributed by atoms with Gasteiger partial charge in [0.15, 0.2) is 6.10 Å². The summed E-state index contributed by atoms with van der Waals surface area (Å²) < 4.78 is 39.7. The number of halogens is 2. The lowest BCUT2D eigenvalue weighted by atomic mass is 9.77. The Morgan fingerprint density at radius 1 is 0.912 bits per heavy atom. The number of aliphatic carboxylic acids is 1. The highest BCUT2D eigenvalue weighted by Gasteiger charge is 2.49. The monoisotopic (exact) mass is 479 g/mol. The average molecular weight is 480 g/mol. The van der Waals surface area contributed by atoms with Crippen LogP contribution in [0, 0.1) is 11.8 Å². The van der Waals surface area contributed by atoms with Gasteiger partial charge in [-0.15, -0.1) is 0 Å². The van der Waals surface area contributed by atoms with Crippen molar-refractivity contribution in [2.75, 3.05) is 0 Å². The summed E-state index contributed by atoms with van der Waals surface area (Å²) in [5.41, 5.74) is -0.329. The number of carbonyl (C=O) groups excluding carboxylic acids is 3. The van der Waals surface area contributed by atoms with E-state index in [1.165, 1.54) is 24.3 Å². The summed E-state index contributed by atoms with van der Waals surface area (Å²) in [4.78, 5) is 36.5. The van der Waals surface area contributed by atoms with E-state index in [0.29, 0.717) is 25.7 Å².